The molecule has 0 aliphatic carbocycles. The van der Waals surface area contributed by atoms with Crippen molar-refractivity contribution in [1.82, 2.24) is 15.5 Å². The molecule has 0 heterocycles. The van der Waals surface area contributed by atoms with Gasteiger partial charge in [0.15, 0.2) is 0 Å². The minimum Gasteiger partial charge on any atom is -0.388 e. The number of hydrogen-bond acceptors (Lipinski definition) is 6. The second kappa shape index (κ2) is 18.3. The van der Waals surface area contributed by atoms with Crippen LogP contribution in [0.3, 0.4) is 0 Å². The molecule has 3 aromatic rings. The molecule has 9 heteroatoms. The molecule has 3 amide bonds. The van der Waals surface area contributed by atoms with Crippen molar-refractivity contribution in [2.45, 2.75) is 70.7 Å². The van der Waals surface area contributed by atoms with Crippen molar-refractivity contribution in [3.8, 4) is 0 Å². The van der Waals surface area contributed by atoms with E-state index >= 15 is 0 Å². The molecular weight excluding hydrogens is 586 g/mol. The number of aryl methyl sites for hydroxylation is 1. The first-order valence-corrected chi connectivity index (χ1v) is 17.0. The van der Waals surface area contributed by atoms with Crippen molar-refractivity contribution < 1.29 is 24.6 Å². The van der Waals surface area contributed by atoms with E-state index in [1.807, 2.05) is 63.4 Å². The maximum atomic E-state index is 13.7. The van der Waals surface area contributed by atoms with Gasteiger partial charge in [-0.15, -0.1) is 0 Å². The van der Waals surface area contributed by atoms with E-state index in [0.29, 0.717) is 42.0 Å². The number of amides is 3. The predicted octanol–water partition coefficient (Wildman–Crippen LogP) is 4.87. The number of aliphatic hydroxyl groups excluding tert-OH is 2. The Morgan fingerprint density at radius 1 is 0.756 bits per heavy atom. The minimum atomic E-state index is -1.41. The fourth-order valence-electron chi connectivity index (χ4n) is 5.34. The number of carbonyl (C=O) groups excluding carboxylic acids is 3. The molecule has 0 aliphatic heterocycles. The van der Waals surface area contributed by atoms with Crippen LogP contribution in [0.2, 0.25) is 0 Å². The molecule has 8 nitrogen and oxygen atoms in total. The van der Waals surface area contributed by atoms with E-state index in [4.69, 9.17) is 0 Å². The second-order valence-electron chi connectivity index (χ2n) is 11.4. The number of thioether (sulfide) groups is 1. The highest BCUT2D eigenvalue weighted by Gasteiger charge is 2.34. The van der Waals surface area contributed by atoms with E-state index in [1.165, 1.54) is 0 Å². The Balaban J connectivity index is 1.88. The third-order valence-corrected chi connectivity index (χ3v) is 8.28. The lowest BCUT2D eigenvalue weighted by atomic mass is 9.92. The van der Waals surface area contributed by atoms with Crippen LogP contribution in [0.4, 0.5) is 0 Å². The van der Waals surface area contributed by atoms with Crippen LogP contribution >= 0.6 is 11.8 Å². The van der Waals surface area contributed by atoms with Gasteiger partial charge in [-0.3, -0.25) is 14.4 Å². The Bertz CT molecular complexity index is 1370. The zero-order valence-corrected chi connectivity index (χ0v) is 27.6. The van der Waals surface area contributed by atoms with Gasteiger partial charge in [0.2, 0.25) is 0 Å². The molecule has 4 atom stereocenters. The third-order valence-electron chi connectivity index (χ3n) is 7.64. The molecule has 0 saturated heterocycles. The molecule has 45 heavy (non-hydrogen) atoms. The largest absolute Gasteiger partial charge is 0.388 e. The minimum absolute atomic E-state index is 0.126. The zero-order valence-electron chi connectivity index (χ0n) is 26.7. The zero-order chi connectivity index (χ0) is 32.8. The molecule has 0 saturated carbocycles. The van der Waals surface area contributed by atoms with Crippen molar-refractivity contribution in [3.63, 3.8) is 0 Å². The first kappa shape index (κ1) is 35.8. The lowest BCUT2D eigenvalue weighted by Gasteiger charge is -2.33. The summed E-state index contributed by atoms with van der Waals surface area (Å²) in [6.45, 7) is 7.14. The van der Waals surface area contributed by atoms with Gasteiger partial charge in [-0.2, -0.15) is 11.8 Å². The molecule has 0 radical (unpaired) electrons. The highest BCUT2D eigenvalue weighted by Crippen LogP contribution is 2.18. The van der Waals surface area contributed by atoms with E-state index in [2.05, 4.69) is 10.6 Å². The lowest BCUT2D eigenvalue weighted by Crippen LogP contribution is -2.56. The smallest absolute Gasteiger partial charge is 0.253 e. The molecule has 0 aromatic heterocycles. The Labute approximate surface area is 271 Å². The summed E-state index contributed by atoms with van der Waals surface area (Å²) in [6, 6.07) is 21.5. The van der Waals surface area contributed by atoms with Gasteiger partial charge in [0, 0.05) is 29.8 Å². The number of rotatable bonds is 17. The quantitative estimate of drug-likeness (QED) is 0.169. The van der Waals surface area contributed by atoms with E-state index in [1.54, 1.807) is 59.1 Å². The van der Waals surface area contributed by atoms with Gasteiger partial charge >= 0.3 is 0 Å². The molecule has 4 N–H and O–H groups in total. The molecule has 0 aliphatic rings. The van der Waals surface area contributed by atoms with E-state index < -0.39 is 30.2 Å². The van der Waals surface area contributed by atoms with Crippen molar-refractivity contribution in [2.75, 3.05) is 25.1 Å². The van der Waals surface area contributed by atoms with E-state index in [-0.39, 0.29) is 18.2 Å². The van der Waals surface area contributed by atoms with Gasteiger partial charge in [-0.05, 0) is 86.1 Å². The summed E-state index contributed by atoms with van der Waals surface area (Å²) in [5.74, 6) is -0.300. The Kier molecular flexibility index (Phi) is 14.6. The average molecular weight is 634 g/mol. The number of carbonyl (C=O) groups is 3. The van der Waals surface area contributed by atoms with Crippen molar-refractivity contribution >= 4 is 29.5 Å². The first-order chi connectivity index (χ1) is 21.7. The summed E-state index contributed by atoms with van der Waals surface area (Å²) in [7, 11) is 0. The molecule has 0 spiro atoms. The third kappa shape index (κ3) is 10.7. The van der Waals surface area contributed by atoms with E-state index in [0.717, 1.165) is 24.0 Å². The van der Waals surface area contributed by atoms with Gasteiger partial charge < -0.3 is 25.7 Å². The van der Waals surface area contributed by atoms with Gasteiger partial charge in [-0.1, -0.05) is 62.4 Å². The normalized spacial score (nSPS) is 13.7. The molecule has 3 aromatic carbocycles. The molecule has 0 fully saturated rings. The van der Waals surface area contributed by atoms with Crippen LogP contribution < -0.4 is 10.6 Å². The van der Waals surface area contributed by atoms with Crippen LogP contribution in [0, 0.1) is 6.92 Å². The highest BCUT2D eigenvalue weighted by molar-refractivity contribution is 7.98. The fourth-order valence-corrected chi connectivity index (χ4v) is 5.83. The average Bonchev–Trinajstić information content (AvgIpc) is 3.05. The van der Waals surface area contributed by atoms with Crippen LogP contribution in [0.15, 0.2) is 78.9 Å². The van der Waals surface area contributed by atoms with Crippen LogP contribution in [-0.2, 0) is 6.42 Å². The van der Waals surface area contributed by atoms with Gasteiger partial charge in [0.05, 0.1) is 12.1 Å². The molecule has 3 rings (SSSR count). The second-order valence-corrected chi connectivity index (χ2v) is 12.3. The highest BCUT2D eigenvalue weighted by atomic mass is 32.2. The standard InChI is InChI=1S/C36H47N3O5S/c1-5-18-39(19-6-2)36(44)29-22-25(3)21-28(24-29)35(43)38-31(23-26-13-9-7-10-14-26)33(41)32(40)30(17-20-45-4)37-34(42)27-15-11-8-12-16-27/h7-16,21-22,24,30-33,40-41H,5-6,17-20,23H2,1-4H3,(H,37,42)(H,38,43). The van der Waals surface area contributed by atoms with Crippen molar-refractivity contribution in [3.05, 3.63) is 107 Å². The summed E-state index contributed by atoms with van der Waals surface area (Å²) in [4.78, 5) is 41.9. The van der Waals surface area contributed by atoms with Gasteiger partial charge in [0.1, 0.15) is 12.2 Å². The van der Waals surface area contributed by atoms with Gasteiger partial charge in [-0.25, -0.2) is 0 Å². The first-order valence-electron chi connectivity index (χ1n) is 15.6. The fraction of sp³-hybridized carbons (Fsp3) is 0.417. The van der Waals surface area contributed by atoms with Crippen molar-refractivity contribution in [2.24, 2.45) is 0 Å². The van der Waals surface area contributed by atoms with Crippen molar-refractivity contribution in [1.29, 1.82) is 0 Å². The topological polar surface area (TPSA) is 119 Å². The lowest BCUT2D eigenvalue weighted by molar-refractivity contribution is -0.0224. The predicted molar refractivity (Wildman–Crippen MR) is 182 cm³/mol. The van der Waals surface area contributed by atoms with E-state index in [9.17, 15) is 24.6 Å². The van der Waals surface area contributed by atoms with Gasteiger partial charge in [0.25, 0.3) is 17.7 Å². The van der Waals surface area contributed by atoms with Crippen LogP contribution in [0.5, 0.6) is 0 Å². The molecular formula is C36H47N3O5S. The number of hydrogen-bond donors (Lipinski definition) is 4. The Morgan fingerprint density at radius 2 is 1.29 bits per heavy atom. The summed E-state index contributed by atoms with van der Waals surface area (Å²) < 4.78 is 0. The number of aliphatic hydroxyl groups is 2. The number of nitrogens with zero attached hydrogens (tertiary/aromatic N) is 1. The maximum Gasteiger partial charge on any atom is 0.253 e. The summed E-state index contributed by atoms with van der Waals surface area (Å²) >= 11 is 1.57. The number of benzene rings is 3. The number of nitrogens with one attached hydrogen (secondary N) is 2. The molecule has 4 unspecified atom stereocenters. The maximum absolute atomic E-state index is 13.7. The monoisotopic (exact) mass is 633 g/mol. The van der Waals surface area contributed by atoms with Crippen LogP contribution in [0.25, 0.3) is 0 Å². The Hall–Kier alpha value is -3.66. The SMILES string of the molecule is CCCN(CCC)C(=O)c1cc(C)cc(C(=O)NC(Cc2ccccc2)C(O)C(O)C(CCSC)NC(=O)c2ccccc2)c1. The van der Waals surface area contributed by atoms with Crippen LogP contribution in [0.1, 0.15) is 75.3 Å². The summed E-state index contributed by atoms with van der Waals surface area (Å²) in [5, 5.41) is 28.9. The summed E-state index contributed by atoms with van der Waals surface area (Å²) in [6.07, 6.45) is 1.47. The molecule has 242 valence electrons. The Morgan fingerprint density at radius 3 is 1.89 bits per heavy atom. The molecule has 0 bridgehead atoms. The summed E-state index contributed by atoms with van der Waals surface area (Å²) in [5.41, 5.74) is 2.80. The van der Waals surface area contributed by atoms with Crippen LogP contribution in [-0.4, -0.2) is 82.2 Å².